The smallest absolute Gasteiger partial charge is 0.256 e. The van der Waals surface area contributed by atoms with Crippen LogP contribution in [0.5, 0.6) is 23.0 Å². The van der Waals surface area contributed by atoms with Crippen LogP contribution in [0.15, 0.2) is 242 Å². The summed E-state index contributed by atoms with van der Waals surface area (Å²) in [5, 5.41) is -1.41. The second-order valence-electron chi connectivity index (χ2n) is 17.4. The Labute approximate surface area is 475 Å². The van der Waals surface area contributed by atoms with E-state index in [1.54, 1.807) is 0 Å². The molecule has 8 heteroatoms. The molecule has 4 aliphatic rings. The molecule has 13 aromatic rings. The van der Waals surface area contributed by atoms with Crippen molar-refractivity contribution in [2.75, 3.05) is 9.80 Å². The lowest BCUT2D eigenvalue weighted by atomic mass is 9.31. The number of benzene rings is 11. The van der Waals surface area contributed by atoms with Gasteiger partial charge in [0.05, 0.1) is 69.0 Å². The monoisotopic (exact) mass is 977 g/mol. The van der Waals surface area contributed by atoms with Crippen LogP contribution in [0, 0.1) is 0 Å². The predicted octanol–water partition coefficient (Wildman–Crippen LogP) is 12.7. The molecule has 4 aliphatic heterocycles. The number of ether oxygens (including phenoxy) is 2. The highest BCUT2D eigenvalue weighted by atomic mass is 16.5. The average Bonchev–Trinajstić information content (AvgIpc) is 1.37. The van der Waals surface area contributed by atoms with E-state index in [2.05, 4.69) is 0 Å². The van der Waals surface area contributed by atoms with Crippen LogP contribution in [-0.2, 0) is 0 Å². The number of aromatic nitrogens is 2. The molecular weight excluding hydrogens is 902 g/mol. The first-order valence-electron chi connectivity index (χ1n) is 39.7. The van der Waals surface area contributed by atoms with Crippen LogP contribution >= 0.6 is 0 Å². The molecule has 342 valence electrons. The molecule has 0 N–H and O–H groups in total. The highest BCUT2D eigenvalue weighted by molar-refractivity contribution is 7.02. The standard InChI is InChI=1S/C66H40B2N4O2/c1-5-19-41(20-6-1)69(42-21-7-2-8-22-42)45-35-37-57-53(39-45)67-51-31-17-29-49-47-27-13-15-33-55(47)71(61(49)51)63-59(67)65(73-57)64-60-66(63)74-58-38-36-46(70(43-23-9-3-10-24-43)44-25-11-4-12-26-44)40-54(58)68(60)52-32-18-30-50-48-28-14-16-34-56(48)72(64)62(50)52/h1-40H/i1D,2D,3D,4D,5D,6D,7D,8D,9D,10D,11D,12D,13D,14D,15D,16D,17D,18D,19D,20D,21D,22D,23D,24D,25D,26D,27D,28D,29D,30D,31D,32D,33D,34D. The van der Waals surface area contributed by atoms with Crippen molar-refractivity contribution in [2.45, 2.75) is 0 Å². The summed E-state index contributed by atoms with van der Waals surface area (Å²) in [7, 11) is 0. The third-order valence-corrected chi connectivity index (χ3v) is 13.9. The molecule has 0 radical (unpaired) electrons. The fourth-order valence-corrected chi connectivity index (χ4v) is 11.2. The summed E-state index contributed by atoms with van der Waals surface area (Å²) in [6.45, 7) is -3.44. The number of anilines is 6. The normalized spacial score (nSPS) is 19.5. The third-order valence-electron chi connectivity index (χ3n) is 13.9. The zero-order chi connectivity index (χ0) is 77.8. The molecule has 0 spiro atoms. The maximum absolute atomic E-state index is 10.2. The fraction of sp³-hybridized carbons (Fsp3) is 0. The topological polar surface area (TPSA) is 34.8 Å². The molecule has 17 rings (SSSR count). The van der Waals surface area contributed by atoms with Gasteiger partial charge in [0.15, 0.2) is 0 Å². The van der Waals surface area contributed by atoms with Crippen molar-refractivity contribution in [1.82, 2.24) is 9.13 Å². The second kappa shape index (κ2) is 14.9. The summed E-state index contributed by atoms with van der Waals surface area (Å²) in [4.78, 5) is 1.69. The van der Waals surface area contributed by atoms with Gasteiger partial charge in [0.2, 0.25) is 0 Å². The Morgan fingerprint density at radius 2 is 0.689 bits per heavy atom. The van der Waals surface area contributed by atoms with Crippen LogP contribution in [-0.4, -0.2) is 22.6 Å². The van der Waals surface area contributed by atoms with Crippen LogP contribution < -0.4 is 52.1 Å². The van der Waals surface area contributed by atoms with Gasteiger partial charge in [0.1, 0.15) is 23.0 Å². The molecule has 6 nitrogen and oxygen atoms in total. The predicted molar refractivity (Wildman–Crippen MR) is 307 cm³/mol. The number of para-hydroxylation sites is 8. The van der Waals surface area contributed by atoms with Gasteiger partial charge in [-0.25, -0.2) is 0 Å². The average molecular weight is 977 g/mol. The lowest BCUT2D eigenvalue weighted by Crippen LogP contribution is -2.63. The highest BCUT2D eigenvalue weighted by Gasteiger charge is 2.50. The van der Waals surface area contributed by atoms with Gasteiger partial charge in [-0.05, 0) is 119 Å². The minimum absolute atomic E-state index is 0.125. The highest BCUT2D eigenvalue weighted by Crippen LogP contribution is 2.49. The summed E-state index contributed by atoms with van der Waals surface area (Å²) < 4.78 is 332. The number of hydrogen-bond acceptors (Lipinski definition) is 4. The first kappa shape index (κ1) is 19.8. The molecule has 0 bridgehead atoms. The van der Waals surface area contributed by atoms with E-state index in [-0.39, 0.29) is 111 Å². The van der Waals surface area contributed by atoms with Crippen molar-refractivity contribution < 1.29 is 56.1 Å². The van der Waals surface area contributed by atoms with Crippen LogP contribution in [0.2, 0.25) is 0 Å². The minimum Gasteiger partial charge on any atom is -0.456 e. The van der Waals surface area contributed by atoms with Crippen LogP contribution in [0.3, 0.4) is 0 Å². The summed E-state index contributed by atoms with van der Waals surface area (Å²) in [6, 6.07) is -21.5. The van der Waals surface area contributed by atoms with Crippen molar-refractivity contribution in [3.8, 4) is 34.4 Å². The Balaban J connectivity index is 1.09. The Kier molecular flexibility index (Phi) is 3.99. The van der Waals surface area contributed by atoms with Crippen molar-refractivity contribution in [2.24, 2.45) is 0 Å². The van der Waals surface area contributed by atoms with Crippen LogP contribution in [0.25, 0.3) is 55.0 Å². The van der Waals surface area contributed by atoms with Gasteiger partial charge in [0, 0.05) is 77.6 Å². The minimum atomic E-state index is -1.72. The largest absolute Gasteiger partial charge is 0.456 e. The van der Waals surface area contributed by atoms with Gasteiger partial charge >= 0.3 is 0 Å². The Hall–Kier alpha value is -9.65. The zero-order valence-corrected chi connectivity index (χ0v) is 37.2. The van der Waals surface area contributed by atoms with Crippen molar-refractivity contribution in [3.05, 3.63) is 242 Å². The van der Waals surface area contributed by atoms with E-state index in [9.17, 15) is 27.4 Å². The van der Waals surface area contributed by atoms with E-state index in [4.69, 9.17) is 28.7 Å². The number of fused-ring (bicyclic) bond motifs is 16. The van der Waals surface area contributed by atoms with E-state index >= 15 is 0 Å². The molecule has 0 saturated carbocycles. The molecule has 6 heterocycles. The van der Waals surface area contributed by atoms with Crippen LogP contribution in [0.1, 0.15) is 46.6 Å². The Morgan fingerprint density at radius 1 is 0.338 bits per heavy atom. The Morgan fingerprint density at radius 3 is 1.08 bits per heavy atom. The fourth-order valence-electron chi connectivity index (χ4n) is 11.2. The summed E-state index contributed by atoms with van der Waals surface area (Å²) in [6.07, 6.45) is 0. The second-order valence-corrected chi connectivity index (χ2v) is 17.4. The molecule has 11 aromatic carbocycles. The molecule has 0 aliphatic carbocycles. The van der Waals surface area contributed by atoms with Gasteiger partial charge in [-0.3, -0.25) is 0 Å². The van der Waals surface area contributed by atoms with Gasteiger partial charge < -0.3 is 28.4 Å². The van der Waals surface area contributed by atoms with Crippen LogP contribution in [0.4, 0.5) is 34.1 Å². The maximum Gasteiger partial charge on any atom is 0.256 e. The first-order chi connectivity index (χ1) is 50.9. The Bertz CT molecular complexity index is 5970. The van der Waals surface area contributed by atoms with Crippen molar-refractivity contribution in [1.29, 1.82) is 0 Å². The van der Waals surface area contributed by atoms with Gasteiger partial charge in [-0.2, -0.15) is 0 Å². The van der Waals surface area contributed by atoms with Crippen molar-refractivity contribution >= 4 is 124 Å². The molecular formula is C66H40B2N4O2. The summed E-state index contributed by atoms with van der Waals surface area (Å²) in [5.41, 5.74) is -6.54. The van der Waals surface area contributed by atoms with E-state index in [1.165, 1.54) is 45.5 Å². The molecule has 0 atom stereocenters. The van der Waals surface area contributed by atoms with E-state index in [1.807, 2.05) is 0 Å². The van der Waals surface area contributed by atoms with Crippen molar-refractivity contribution in [3.63, 3.8) is 0 Å². The van der Waals surface area contributed by atoms with Gasteiger partial charge in [0.25, 0.3) is 13.4 Å². The molecule has 2 aromatic heterocycles. The lowest BCUT2D eigenvalue weighted by molar-refractivity contribution is 0.472. The molecule has 0 saturated heterocycles. The molecule has 74 heavy (non-hydrogen) atoms. The van der Waals surface area contributed by atoms with E-state index in [0.29, 0.717) is 0 Å². The molecule has 0 unspecified atom stereocenters. The zero-order valence-electron chi connectivity index (χ0n) is 71.2. The summed E-state index contributed by atoms with van der Waals surface area (Å²) >= 11 is 0. The first-order valence-corrected chi connectivity index (χ1v) is 22.7. The van der Waals surface area contributed by atoms with Gasteiger partial charge in [-0.15, -0.1) is 0 Å². The maximum atomic E-state index is 10.2. The van der Waals surface area contributed by atoms with E-state index < -0.39 is 253 Å². The molecule has 0 amide bonds. The number of nitrogens with zero attached hydrogens (tertiary/aromatic N) is 4. The SMILES string of the molecule is [2H]c1c([2H])c([2H])c(N(c2ccc3c(c2)B2c4c(c5c6c(c4-n4c7c([2H])c([2H])c([2H])c([2H])c7c7c([2H])c([2H])c([2H])c2c74)Oc2ccc(N(c4c([2H])c([2H])c([2H])c([2H])c4[2H])c4c([2H])c([2H])c([2H])c([2H])c4[2H])cc2B6c2c([2H])c([2H])c([2H])c4c6c([2H])c([2H])c([2H])c([2H])c6n-5c24)O3)c2c([2H])c([2H])c([2H])c([2H])c2[2H])c([2H])c1[2H]. The van der Waals surface area contributed by atoms with E-state index in [0.717, 1.165) is 9.80 Å². The quantitative estimate of drug-likeness (QED) is 0.156. The third kappa shape index (κ3) is 5.30. The van der Waals surface area contributed by atoms with Gasteiger partial charge in [-0.1, -0.05) is 145 Å². The molecule has 0 fully saturated rings. The number of hydrogen-bond donors (Lipinski definition) is 0. The lowest BCUT2D eigenvalue weighted by Gasteiger charge is -2.41. The number of rotatable bonds is 6. The summed E-state index contributed by atoms with van der Waals surface area (Å²) in [5.74, 6) is -1.25.